The fraction of sp³-hybridized carbons (Fsp3) is 0.182. The number of fused-ring (bicyclic) bond motifs is 1. The molecule has 6 heteroatoms. The standard InChI is InChI=1S/C11H7ClN2O3/c12-6-1-2-7-8(3-6)9(4-13)14(11(7)17)5-10(15)16/h1-3,9H,5H2,(H,15,16). The van der Waals surface area contributed by atoms with Crippen LogP contribution >= 0.6 is 11.6 Å². The van der Waals surface area contributed by atoms with Gasteiger partial charge in [-0.15, -0.1) is 0 Å². The van der Waals surface area contributed by atoms with Crippen molar-refractivity contribution in [2.45, 2.75) is 6.04 Å². The molecule has 17 heavy (non-hydrogen) atoms. The summed E-state index contributed by atoms with van der Waals surface area (Å²) < 4.78 is 0. The SMILES string of the molecule is N#CC1c2cc(Cl)ccc2C(=O)N1CC(=O)O. The summed E-state index contributed by atoms with van der Waals surface area (Å²) in [6.45, 7) is -0.497. The number of rotatable bonds is 2. The first-order valence-electron chi connectivity index (χ1n) is 4.76. The number of benzene rings is 1. The first-order chi connectivity index (χ1) is 8.04. The third-order valence-corrected chi connectivity index (χ3v) is 2.77. The summed E-state index contributed by atoms with van der Waals surface area (Å²) in [5.41, 5.74) is 0.799. The summed E-state index contributed by atoms with van der Waals surface area (Å²) in [4.78, 5) is 23.5. The lowest BCUT2D eigenvalue weighted by molar-refractivity contribution is -0.137. The van der Waals surface area contributed by atoms with Crippen LogP contribution in [0.1, 0.15) is 22.0 Å². The van der Waals surface area contributed by atoms with Crippen LogP contribution in [0, 0.1) is 11.3 Å². The van der Waals surface area contributed by atoms with Gasteiger partial charge < -0.3 is 10.0 Å². The number of hydrogen-bond donors (Lipinski definition) is 1. The van der Waals surface area contributed by atoms with Gasteiger partial charge in [-0.1, -0.05) is 11.6 Å². The second-order valence-corrected chi connectivity index (χ2v) is 4.03. The van der Waals surface area contributed by atoms with Crippen LogP contribution in [-0.4, -0.2) is 28.4 Å². The highest BCUT2D eigenvalue weighted by molar-refractivity contribution is 6.30. The lowest BCUT2D eigenvalue weighted by Gasteiger charge is -2.16. The Labute approximate surface area is 102 Å². The molecule has 86 valence electrons. The molecule has 0 aromatic heterocycles. The minimum absolute atomic E-state index is 0.335. The summed E-state index contributed by atoms with van der Waals surface area (Å²) in [5, 5.41) is 18.1. The van der Waals surface area contributed by atoms with Crippen LogP contribution in [-0.2, 0) is 4.79 Å². The smallest absolute Gasteiger partial charge is 0.323 e. The summed E-state index contributed by atoms with van der Waals surface area (Å²) in [7, 11) is 0. The highest BCUT2D eigenvalue weighted by Crippen LogP contribution is 2.34. The van der Waals surface area contributed by atoms with Gasteiger partial charge in [0.1, 0.15) is 12.6 Å². The minimum atomic E-state index is -1.16. The van der Waals surface area contributed by atoms with Crippen molar-refractivity contribution in [3.05, 3.63) is 34.3 Å². The van der Waals surface area contributed by atoms with E-state index >= 15 is 0 Å². The van der Waals surface area contributed by atoms with E-state index in [0.29, 0.717) is 16.1 Å². The number of nitrogens with zero attached hydrogens (tertiary/aromatic N) is 2. The molecule has 0 aliphatic carbocycles. The van der Waals surface area contributed by atoms with Crippen LogP contribution in [0.2, 0.25) is 5.02 Å². The molecular weight excluding hydrogens is 244 g/mol. The summed E-state index contributed by atoms with van der Waals surface area (Å²) in [6, 6.07) is 5.60. The van der Waals surface area contributed by atoms with Crippen LogP contribution in [0.3, 0.4) is 0 Å². The molecule has 0 spiro atoms. The molecule has 1 aliphatic rings. The maximum absolute atomic E-state index is 11.9. The Hall–Kier alpha value is -2.06. The van der Waals surface area contributed by atoms with Gasteiger partial charge in [0.05, 0.1) is 6.07 Å². The van der Waals surface area contributed by atoms with E-state index in [1.54, 1.807) is 0 Å². The highest BCUT2D eigenvalue weighted by Gasteiger charge is 2.37. The molecule has 1 atom stereocenters. The predicted octanol–water partition coefficient (Wildman–Crippen LogP) is 1.45. The number of halogens is 1. The quantitative estimate of drug-likeness (QED) is 0.861. The molecule has 5 nitrogen and oxygen atoms in total. The van der Waals surface area contributed by atoms with E-state index in [-0.39, 0.29) is 0 Å². The van der Waals surface area contributed by atoms with Crippen LogP contribution in [0.4, 0.5) is 0 Å². The molecule has 0 saturated heterocycles. The average Bonchev–Trinajstić information content (AvgIpc) is 2.51. The van der Waals surface area contributed by atoms with Gasteiger partial charge in [-0.3, -0.25) is 9.59 Å². The second-order valence-electron chi connectivity index (χ2n) is 3.59. The van der Waals surface area contributed by atoms with Gasteiger partial charge >= 0.3 is 5.97 Å². The van der Waals surface area contributed by atoms with Crippen molar-refractivity contribution in [2.24, 2.45) is 0 Å². The fourth-order valence-electron chi connectivity index (χ4n) is 1.84. The van der Waals surface area contributed by atoms with Crippen molar-refractivity contribution >= 4 is 23.5 Å². The molecule has 1 aromatic carbocycles. The largest absolute Gasteiger partial charge is 0.480 e. The zero-order valence-electron chi connectivity index (χ0n) is 8.55. The third-order valence-electron chi connectivity index (χ3n) is 2.54. The maximum atomic E-state index is 11.9. The van der Waals surface area contributed by atoms with E-state index < -0.39 is 24.5 Å². The molecule has 0 fully saturated rings. The summed E-state index contributed by atoms with van der Waals surface area (Å²) in [6.07, 6.45) is 0. The van der Waals surface area contributed by atoms with Crippen molar-refractivity contribution in [2.75, 3.05) is 6.54 Å². The van der Waals surface area contributed by atoms with Gasteiger partial charge in [-0.05, 0) is 18.2 Å². The molecular formula is C11H7ClN2O3. The van der Waals surface area contributed by atoms with Crippen LogP contribution in [0.25, 0.3) is 0 Å². The number of nitriles is 1. The molecule has 1 aliphatic heterocycles. The Kier molecular flexibility index (Phi) is 2.74. The van der Waals surface area contributed by atoms with E-state index in [0.717, 1.165) is 4.90 Å². The number of carbonyl (C=O) groups is 2. The van der Waals surface area contributed by atoms with E-state index in [2.05, 4.69) is 0 Å². The molecule has 0 radical (unpaired) electrons. The Morgan fingerprint density at radius 3 is 2.88 bits per heavy atom. The van der Waals surface area contributed by atoms with Crippen molar-refractivity contribution in [1.29, 1.82) is 5.26 Å². The minimum Gasteiger partial charge on any atom is -0.480 e. The normalized spacial score (nSPS) is 17.8. The number of carboxylic acid groups (broad SMARTS) is 1. The van der Waals surface area contributed by atoms with Gasteiger partial charge in [0.25, 0.3) is 5.91 Å². The maximum Gasteiger partial charge on any atom is 0.323 e. The van der Waals surface area contributed by atoms with Gasteiger partial charge in [0, 0.05) is 16.1 Å². The molecule has 1 amide bonds. The Bertz CT molecular complexity index is 550. The van der Waals surface area contributed by atoms with E-state index in [4.69, 9.17) is 22.0 Å². The van der Waals surface area contributed by atoms with E-state index in [1.165, 1.54) is 18.2 Å². The summed E-state index contributed by atoms with van der Waals surface area (Å²) >= 11 is 5.79. The molecule has 1 aromatic rings. The predicted molar refractivity (Wildman–Crippen MR) is 58.5 cm³/mol. The number of aliphatic carboxylic acids is 1. The molecule has 1 N–H and O–H groups in total. The number of hydrogen-bond acceptors (Lipinski definition) is 3. The second kappa shape index (κ2) is 4.07. The van der Waals surface area contributed by atoms with Crippen molar-refractivity contribution < 1.29 is 14.7 Å². The van der Waals surface area contributed by atoms with Gasteiger partial charge in [-0.2, -0.15) is 5.26 Å². The van der Waals surface area contributed by atoms with Crippen molar-refractivity contribution in [1.82, 2.24) is 4.90 Å². The molecule has 0 saturated carbocycles. The zero-order chi connectivity index (χ0) is 12.6. The molecule has 0 bridgehead atoms. The Morgan fingerprint density at radius 1 is 1.59 bits per heavy atom. The molecule has 1 heterocycles. The van der Waals surface area contributed by atoms with Crippen LogP contribution in [0.15, 0.2) is 18.2 Å². The lowest BCUT2D eigenvalue weighted by Crippen LogP contribution is -2.32. The van der Waals surface area contributed by atoms with E-state index in [1.807, 2.05) is 6.07 Å². The van der Waals surface area contributed by atoms with Crippen molar-refractivity contribution in [3.63, 3.8) is 0 Å². The van der Waals surface area contributed by atoms with E-state index in [9.17, 15) is 9.59 Å². The molecule has 2 rings (SSSR count). The number of carbonyl (C=O) groups excluding carboxylic acids is 1. The van der Waals surface area contributed by atoms with Crippen LogP contribution in [0.5, 0.6) is 0 Å². The fourth-order valence-corrected chi connectivity index (χ4v) is 2.02. The lowest BCUT2D eigenvalue weighted by atomic mass is 10.1. The Balaban J connectivity index is 2.48. The van der Waals surface area contributed by atoms with Gasteiger partial charge in [0.15, 0.2) is 0 Å². The molecule has 1 unspecified atom stereocenters. The number of carboxylic acids is 1. The highest BCUT2D eigenvalue weighted by atomic mass is 35.5. The first-order valence-corrected chi connectivity index (χ1v) is 5.14. The third kappa shape index (κ3) is 1.83. The first kappa shape index (κ1) is 11.4. The van der Waals surface area contributed by atoms with Gasteiger partial charge in [-0.25, -0.2) is 0 Å². The monoisotopic (exact) mass is 250 g/mol. The number of amides is 1. The zero-order valence-corrected chi connectivity index (χ0v) is 9.31. The summed E-state index contributed by atoms with van der Waals surface area (Å²) in [5.74, 6) is -1.61. The van der Waals surface area contributed by atoms with Crippen molar-refractivity contribution in [3.8, 4) is 6.07 Å². The average molecular weight is 251 g/mol. The Morgan fingerprint density at radius 2 is 2.29 bits per heavy atom. The van der Waals surface area contributed by atoms with Crippen LogP contribution < -0.4 is 0 Å². The topological polar surface area (TPSA) is 81.4 Å². The van der Waals surface area contributed by atoms with Gasteiger partial charge in [0.2, 0.25) is 0 Å².